The van der Waals surface area contributed by atoms with Crippen LogP contribution in [0.1, 0.15) is 25.7 Å². The highest BCUT2D eigenvalue weighted by Crippen LogP contribution is 2.23. The summed E-state index contributed by atoms with van der Waals surface area (Å²) in [5.74, 6) is 0.110. The molecule has 2 aliphatic heterocycles. The molecule has 2 saturated heterocycles. The molecule has 0 spiro atoms. The maximum Gasteiger partial charge on any atom is 0.240 e. The summed E-state index contributed by atoms with van der Waals surface area (Å²) < 4.78 is 27.6. The normalized spacial score (nSPS) is 23.4. The molecule has 2 fully saturated rings. The van der Waals surface area contributed by atoms with Crippen LogP contribution in [0.15, 0.2) is 29.2 Å². The Balaban J connectivity index is 1.72. The molecular formula is C16H23N3O3S. The van der Waals surface area contributed by atoms with E-state index >= 15 is 0 Å². The van der Waals surface area contributed by atoms with Crippen molar-refractivity contribution in [2.75, 3.05) is 31.6 Å². The minimum atomic E-state index is -3.51. The molecule has 1 unspecified atom stereocenters. The summed E-state index contributed by atoms with van der Waals surface area (Å²) in [5.41, 5.74) is 0.772. The van der Waals surface area contributed by atoms with Crippen LogP contribution in [0.2, 0.25) is 0 Å². The van der Waals surface area contributed by atoms with Crippen LogP contribution in [0.3, 0.4) is 0 Å². The van der Waals surface area contributed by atoms with Gasteiger partial charge in [0.2, 0.25) is 15.9 Å². The van der Waals surface area contributed by atoms with Crippen LogP contribution in [-0.2, 0) is 14.8 Å². The first-order valence-electron chi connectivity index (χ1n) is 8.07. The minimum absolute atomic E-state index is 0.0339. The van der Waals surface area contributed by atoms with Gasteiger partial charge in [-0.15, -0.1) is 0 Å². The van der Waals surface area contributed by atoms with Gasteiger partial charge in [0.1, 0.15) is 0 Å². The van der Waals surface area contributed by atoms with Crippen molar-refractivity contribution in [3.05, 3.63) is 24.3 Å². The summed E-state index contributed by atoms with van der Waals surface area (Å²) >= 11 is 0. The number of sulfonamides is 1. The number of rotatable bonds is 4. The zero-order valence-electron chi connectivity index (χ0n) is 13.4. The van der Waals surface area contributed by atoms with Crippen molar-refractivity contribution in [3.63, 3.8) is 0 Å². The number of carbonyl (C=O) groups excluding carboxylic acids is 1. The number of hydrogen-bond acceptors (Lipinski definition) is 4. The molecule has 1 aromatic rings. The summed E-state index contributed by atoms with van der Waals surface area (Å²) in [6.45, 7) is 2.35. The smallest absolute Gasteiger partial charge is 0.240 e. The fraction of sp³-hybridized carbons (Fsp3) is 0.562. The summed E-state index contributed by atoms with van der Waals surface area (Å²) in [5, 5.41) is 0. The summed E-state index contributed by atoms with van der Waals surface area (Å²) in [4.78, 5) is 16.0. The van der Waals surface area contributed by atoms with Crippen molar-refractivity contribution in [1.29, 1.82) is 0 Å². The highest BCUT2D eigenvalue weighted by Gasteiger charge is 2.26. The maximum absolute atomic E-state index is 12.4. The predicted molar refractivity (Wildman–Crippen MR) is 88.9 cm³/mol. The molecule has 1 aromatic carbocycles. The van der Waals surface area contributed by atoms with Crippen molar-refractivity contribution in [2.45, 2.75) is 36.6 Å². The van der Waals surface area contributed by atoms with E-state index < -0.39 is 10.0 Å². The lowest BCUT2D eigenvalue weighted by Gasteiger charge is -2.26. The molecule has 7 heteroatoms. The maximum atomic E-state index is 12.4. The Hall–Kier alpha value is -1.44. The Morgan fingerprint density at radius 2 is 1.87 bits per heavy atom. The van der Waals surface area contributed by atoms with E-state index in [-0.39, 0.29) is 16.8 Å². The van der Waals surface area contributed by atoms with Gasteiger partial charge in [-0.3, -0.25) is 4.79 Å². The molecule has 0 aromatic heterocycles. The van der Waals surface area contributed by atoms with E-state index in [4.69, 9.17) is 0 Å². The van der Waals surface area contributed by atoms with Crippen LogP contribution < -0.4 is 9.62 Å². The van der Waals surface area contributed by atoms with E-state index in [9.17, 15) is 13.2 Å². The Kier molecular flexibility index (Phi) is 4.70. The third-order valence-electron chi connectivity index (χ3n) is 4.50. The first kappa shape index (κ1) is 16.4. The average molecular weight is 337 g/mol. The van der Waals surface area contributed by atoms with Crippen LogP contribution in [0, 0.1) is 0 Å². The highest BCUT2D eigenvalue weighted by atomic mass is 32.2. The Morgan fingerprint density at radius 1 is 1.13 bits per heavy atom. The minimum Gasteiger partial charge on any atom is -0.312 e. The number of hydrogen-bond donors (Lipinski definition) is 1. The van der Waals surface area contributed by atoms with Gasteiger partial charge < -0.3 is 9.80 Å². The molecule has 3 rings (SSSR count). The van der Waals surface area contributed by atoms with Crippen LogP contribution in [-0.4, -0.2) is 51.9 Å². The van der Waals surface area contributed by atoms with Gasteiger partial charge in [-0.05, 0) is 57.1 Å². The number of likely N-dealkylation sites (N-methyl/N-ethyl adjacent to an activating group) is 1. The SMILES string of the molecule is CN1CCC(NS(=O)(=O)c2ccc(N3CCCCC3=O)cc2)C1. The van der Waals surface area contributed by atoms with E-state index in [1.807, 2.05) is 7.05 Å². The number of benzene rings is 1. The van der Waals surface area contributed by atoms with E-state index in [2.05, 4.69) is 9.62 Å². The van der Waals surface area contributed by atoms with Gasteiger partial charge in [0, 0.05) is 31.2 Å². The Morgan fingerprint density at radius 3 is 2.48 bits per heavy atom. The lowest BCUT2D eigenvalue weighted by atomic mass is 10.1. The molecular weight excluding hydrogens is 314 g/mol. The first-order valence-corrected chi connectivity index (χ1v) is 9.55. The molecule has 1 atom stereocenters. The van der Waals surface area contributed by atoms with Crippen molar-refractivity contribution in [3.8, 4) is 0 Å². The van der Waals surface area contributed by atoms with Crippen molar-refractivity contribution < 1.29 is 13.2 Å². The zero-order valence-corrected chi connectivity index (χ0v) is 14.2. The number of carbonyl (C=O) groups is 1. The van der Waals surface area contributed by atoms with Crippen molar-refractivity contribution >= 4 is 21.6 Å². The van der Waals surface area contributed by atoms with Gasteiger partial charge in [0.05, 0.1) is 4.90 Å². The summed E-state index contributed by atoms with van der Waals surface area (Å²) in [7, 11) is -1.52. The van der Waals surface area contributed by atoms with Crippen LogP contribution in [0.25, 0.3) is 0 Å². The monoisotopic (exact) mass is 337 g/mol. The molecule has 6 nitrogen and oxygen atoms in total. The lowest BCUT2D eigenvalue weighted by Crippen LogP contribution is -2.36. The topological polar surface area (TPSA) is 69.7 Å². The molecule has 0 saturated carbocycles. The highest BCUT2D eigenvalue weighted by molar-refractivity contribution is 7.89. The second-order valence-electron chi connectivity index (χ2n) is 6.37. The number of piperidine rings is 1. The third kappa shape index (κ3) is 3.73. The van der Waals surface area contributed by atoms with E-state index in [1.165, 1.54) is 0 Å². The average Bonchev–Trinajstić information content (AvgIpc) is 2.92. The first-order chi connectivity index (χ1) is 11.0. The molecule has 0 bridgehead atoms. The van der Waals surface area contributed by atoms with Gasteiger partial charge in [0.15, 0.2) is 0 Å². The lowest BCUT2D eigenvalue weighted by molar-refractivity contribution is -0.119. The van der Waals surface area contributed by atoms with Crippen molar-refractivity contribution in [1.82, 2.24) is 9.62 Å². The molecule has 1 amide bonds. The van der Waals surface area contributed by atoms with Crippen LogP contribution in [0.5, 0.6) is 0 Å². The Bertz CT molecular complexity index is 672. The predicted octanol–water partition coefficient (Wildman–Crippen LogP) is 1.19. The van der Waals surface area contributed by atoms with Gasteiger partial charge >= 0.3 is 0 Å². The molecule has 0 radical (unpaired) electrons. The second-order valence-corrected chi connectivity index (χ2v) is 8.08. The molecule has 23 heavy (non-hydrogen) atoms. The summed E-state index contributed by atoms with van der Waals surface area (Å²) in [6.07, 6.45) is 3.32. The quantitative estimate of drug-likeness (QED) is 0.896. The largest absolute Gasteiger partial charge is 0.312 e. The molecule has 0 aliphatic carbocycles. The number of amides is 1. The molecule has 1 N–H and O–H groups in total. The zero-order chi connectivity index (χ0) is 16.4. The van der Waals surface area contributed by atoms with Gasteiger partial charge in [0.25, 0.3) is 0 Å². The van der Waals surface area contributed by atoms with Gasteiger partial charge in [-0.1, -0.05) is 0 Å². The number of likely N-dealkylation sites (tertiary alicyclic amines) is 1. The number of anilines is 1. The van der Waals surface area contributed by atoms with Gasteiger partial charge in [-0.25, -0.2) is 13.1 Å². The van der Waals surface area contributed by atoms with E-state index in [1.54, 1.807) is 29.2 Å². The molecule has 126 valence electrons. The standard InChI is InChI=1S/C16H23N3O3S/c1-18-11-9-13(12-18)17-23(21,22)15-7-5-14(6-8-15)19-10-3-2-4-16(19)20/h5-8,13,17H,2-4,9-12H2,1H3. The number of nitrogens with one attached hydrogen (secondary N) is 1. The van der Waals surface area contributed by atoms with Crippen LogP contribution >= 0.6 is 0 Å². The van der Waals surface area contributed by atoms with Crippen LogP contribution in [0.4, 0.5) is 5.69 Å². The number of nitrogens with zero attached hydrogens (tertiary/aromatic N) is 2. The Labute approximate surface area is 137 Å². The summed E-state index contributed by atoms with van der Waals surface area (Å²) in [6, 6.07) is 6.57. The van der Waals surface area contributed by atoms with E-state index in [0.29, 0.717) is 13.0 Å². The second kappa shape index (κ2) is 6.59. The fourth-order valence-corrected chi connectivity index (χ4v) is 4.46. The molecule has 2 aliphatic rings. The molecule has 2 heterocycles. The third-order valence-corrected chi connectivity index (χ3v) is 6.03. The van der Waals surface area contributed by atoms with Crippen molar-refractivity contribution in [2.24, 2.45) is 0 Å². The fourth-order valence-electron chi connectivity index (χ4n) is 3.20. The van der Waals surface area contributed by atoms with E-state index in [0.717, 1.165) is 38.0 Å². The van der Waals surface area contributed by atoms with Gasteiger partial charge in [-0.2, -0.15) is 0 Å².